The number of likely N-dealkylation sites (tertiary alicyclic amines) is 1. The van der Waals surface area contributed by atoms with E-state index in [0.717, 1.165) is 13.1 Å². The molecule has 0 aromatic heterocycles. The van der Waals surface area contributed by atoms with Gasteiger partial charge in [0.2, 0.25) is 0 Å². The van der Waals surface area contributed by atoms with E-state index in [4.69, 9.17) is 23.2 Å². The minimum atomic E-state index is -0.838. The monoisotopic (exact) mass is 464 g/mol. The van der Waals surface area contributed by atoms with E-state index < -0.39 is 23.5 Å². The quantitative estimate of drug-likeness (QED) is 0.359. The molecule has 1 aliphatic heterocycles. The van der Waals surface area contributed by atoms with Crippen LogP contribution in [0, 0.1) is 5.82 Å². The van der Waals surface area contributed by atoms with Crippen molar-refractivity contribution in [2.45, 2.75) is 19.9 Å². The summed E-state index contributed by atoms with van der Waals surface area (Å²) in [7, 11) is 0. The van der Waals surface area contributed by atoms with E-state index in [9.17, 15) is 19.1 Å². The lowest BCUT2D eigenvalue weighted by Crippen LogP contribution is -2.38. The summed E-state index contributed by atoms with van der Waals surface area (Å²) in [5.41, 5.74) is 0.736. The fourth-order valence-corrected chi connectivity index (χ4v) is 4.00. The summed E-state index contributed by atoms with van der Waals surface area (Å²) >= 11 is 12.2. The Hall–Kier alpha value is -2.41. The molecule has 31 heavy (non-hydrogen) atoms. The Bertz CT molecular complexity index is 1020. The van der Waals surface area contributed by atoms with Crippen molar-refractivity contribution in [1.29, 1.82) is 0 Å². The van der Waals surface area contributed by atoms with Gasteiger partial charge in [0, 0.05) is 18.7 Å². The number of halogens is 3. The molecule has 0 aliphatic carbocycles. The van der Waals surface area contributed by atoms with E-state index in [0.29, 0.717) is 17.1 Å². The Morgan fingerprint density at radius 1 is 1.06 bits per heavy atom. The van der Waals surface area contributed by atoms with E-state index in [1.54, 1.807) is 18.2 Å². The molecule has 0 unspecified atom stereocenters. The van der Waals surface area contributed by atoms with E-state index >= 15 is 0 Å². The predicted molar refractivity (Wildman–Crippen MR) is 120 cm³/mol. The van der Waals surface area contributed by atoms with E-state index in [1.165, 1.54) is 29.2 Å². The molecule has 5 nitrogen and oxygen atoms in total. The second-order valence-electron chi connectivity index (χ2n) is 7.20. The predicted octanol–water partition coefficient (Wildman–Crippen LogP) is 4.90. The van der Waals surface area contributed by atoms with Crippen molar-refractivity contribution in [2.75, 3.05) is 26.2 Å². The number of carbonyl (C=O) groups is 2. The summed E-state index contributed by atoms with van der Waals surface area (Å²) in [6, 6.07) is 9.09. The maximum atomic E-state index is 13.3. The largest absolute Gasteiger partial charge is 0.507 e. The summed E-state index contributed by atoms with van der Waals surface area (Å²) < 4.78 is 13.3. The Morgan fingerprint density at radius 2 is 1.71 bits per heavy atom. The average molecular weight is 465 g/mol. The third kappa shape index (κ3) is 4.76. The molecule has 0 spiro atoms. The fourth-order valence-electron chi connectivity index (χ4n) is 3.69. The molecule has 0 radical (unpaired) electrons. The van der Waals surface area contributed by atoms with Crippen molar-refractivity contribution >= 4 is 40.7 Å². The van der Waals surface area contributed by atoms with E-state index in [1.807, 2.05) is 13.8 Å². The second-order valence-corrected chi connectivity index (χ2v) is 8.01. The van der Waals surface area contributed by atoms with Crippen molar-refractivity contribution in [2.24, 2.45) is 0 Å². The highest BCUT2D eigenvalue weighted by Gasteiger charge is 2.46. The van der Waals surface area contributed by atoms with Gasteiger partial charge in [0.05, 0.1) is 21.7 Å². The lowest BCUT2D eigenvalue weighted by Gasteiger charge is -2.28. The molecule has 1 aliphatic rings. The Kier molecular flexibility index (Phi) is 7.36. The number of hydrogen-bond acceptors (Lipinski definition) is 4. The standard InChI is InChI=1S/C23H23Cl2FN2O3/c1-3-27(4-2)11-12-28-20(15-7-10-17(24)18(25)13-15)19(22(30)23(28)31)21(29)14-5-8-16(26)9-6-14/h5-10,13,20,29H,3-4,11-12H2,1-2H3/b21-19+/t20-/m1/s1. The molecular weight excluding hydrogens is 442 g/mol. The van der Waals surface area contributed by atoms with Gasteiger partial charge in [-0.1, -0.05) is 43.1 Å². The summed E-state index contributed by atoms with van der Waals surface area (Å²) in [6.07, 6.45) is 0. The highest BCUT2D eigenvalue weighted by atomic mass is 35.5. The molecule has 2 aromatic rings. The molecule has 0 saturated carbocycles. The van der Waals surface area contributed by atoms with Crippen LogP contribution in [-0.4, -0.2) is 52.8 Å². The van der Waals surface area contributed by atoms with Crippen molar-refractivity contribution in [3.63, 3.8) is 0 Å². The van der Waals surface area contributed by atoms with Crippen LogP contribution in [0.4, 0.5) is 4.39 Å². The molecular formula is C23H23Cl2FN2O3. The number of aliphatic hydroxyl groups excluding tert-OH is 1. The first-order valence-corrected chi connectivity index (χ1v) is 10.8. The Labute approximate surface area is 190 Å². The van der Waals surface area contributed by atoms with Gasteiger partial charge in [0.15, 0.2) is 0 Å². The van der Waals surface area contributed by atoms with Crippen LogP contribution >= 0.6 is 23.2 Å². The molecule has 1 fully saturated rings. The second kappa shape index (κ2) is 9.81. The molecule has 2 aromatic carbocycles. The van der Waals surface area contributed by atoms with Crippen LogP contribution in [0.5, 0.6) is 0 Å². The Balaban J connectivity index is 2.12. The number of rotatable bonds is 7. The number of hydrogen-bond donors (Lipinski definition) is 1. The van der Waals surface area contributed by atoms with Crippen LogP contribution in [0.2, 0.25) is 10.0 Å². The maximum Gasteiger partial charge on any atom is 0.295 e. The molecule has 1 N–H and O–H groups in total. The minimum Gasteiger partial charge on any atom is -0.507 e. The van der Waals surface area contributed by atoms with Gasteiger partial charge in [-0.15, -0.1) is 0 Å². The van der Waals surface area contributed by atoms with Crippen LogP contribution in [-0.2, 0) is 9.59 Å². The zero-order valence-corrected chi connectivity index (χ0v) is 18.8. The number of amides is 1. The molecule has 0 bridgehead atoms. The fraction of sp³-hybridized carbons (Fsp3) is 0.304. The lowest BCUT2D eigenvalue weighted by atomic mass is 9.95. The zero-order valence-electron chi connectivity index (χ0n) is 17.2. The molecule has 1 heterocycles. The number of nitrogens with zero attached hydrogens (tertiary/aromatic N) is 2. The third-order valence-corrected chi connectivity index (χ3v) is 6.21. The van der Waals surface area contributed by atoms with Crippen LogP contribution < -0.4 is 0 Å². The number of aliphatic hydroxyl groups is 1. The van der Waals surface area contributed by atoms with Crippen LogP contribution in [0.25, 0.3) is 5.76 Å². The summed E-state index contributed by atoms with van der Waals surface area (Å²) in [4.78, 5) is 29.5. The minimum absolute atomic E-state index is 0.0606. The van der Waals surface area contributed by atoms with Gasteiger partial charge in [-0.3, -0.25) is 9.59 Å². The summed E-state index contributed by atoms with van der Waals surface area (Å²) in [5, 5.41) is 11.5. The number of Topliss-reactive ketones (excluding diaryl/α,β-unsaturated/α-hetero) is 1. The van der Waals surface area contributed by atoms with Gasteiger partial charge in [-0.05, 0) is 55.1 Å². The lowest BCUT2D eigenvalue weighted by molar-refractivity contribution is -0.140. The molecule has 1 saturated heterocycles. The van der Waals surface area contributed by atoms with Gasteiger partial charge < -0.3 is 14.9 Å². The zero-order chi connectivity index (χ0) is 22.7. The molecule has 1 atom stereocenters. The summed E-state index contributed by atoms with van der Waals surface area (Å²) in [6.45, 7) is 6.48. The first-order valence-electron chi connectivity index (χ1n) is 10.00. The Morgan fingerprint density at radius 3 is 2.29 bits per heavy atom. The van der Waals surface area contributed by atoms with E-state index in [2.05, 4.69) is 4.90 Å². The first kappa shape index (κ1) is 23.3. The van der Waals surface area contributed by atoms with Gasteiger partial charge in [-0.2, -0.15) is 0 Å². The normalized spacial score (nSPS) is 18.3. The highest BCUT2D eigenvalue weighted by molar-refractivity contribution is 6.46. The topological polar surface area (TPSA) is 60.9 Å². The van der Waals surface area contributed by atoms with Crippen LogP contribution in [0.15, 0.2) is 48.0 Å². The van der Waals surface area contributed by atoms with Crippen molar-refractivity contribution in [3.8, 4) is 0 Å². The van der Waals surface area contributed by atoms with Gasteiger partial charge in [-0.25, -0.2) is 4.39 Å². The number of likely N-dealkylation sites (N-methyl/N-ethyl adjacent to an activating group) is 1. The van der Waals surface area contributed by atoms with Crippen LogP contribution in [0.1, 0.15) is 31.0 Å². The molecule has 1 amide bonds. The average Bonchev–Trinajstić information content (AvgIpc) is 3.01. The van der Waals surface area contributed by atoms with Gasteiger partial charge in [0.25, 0.3) is 11.7 Å². The maximum absolute atomic E-state index is 13.3. The number of ketones is 1. The van der Waals surface area contributed by atoms with Crippen molar-refractivity contribution in [3.05, 3.63) is 75.0 Å². The SMILES string of the molecule is CCN(CC)CCN1C(=O)C(=O)/C(=C(/O)c2ccc(F)cc2)[C@H]1c1ccc(Cl)c(Cl)c1. The number of benzene rings is 2. The third-order valence-electron chi connectivity index (χ3n) is 5.47. The molecule has 8 heteroatoms. The van der Waals surface area contributed by atoms with Crippen LogP contribution in [0.3, 0.4) is 0 Å². The first-order chi connectivity index (χ1) is 14.8. The van der Waals surface area contributed by atoms with Crippen molar-refractivity contribution < 1.29 is 19.1 Å². The molecule has 164 valence electrons. The summed E-state index contributed by atoms with van der Waals surface area (Å²) in [5.74, 6) is -2.33. The number of carbonyl (C=O) groups excluding carboxylic acids is 2. The van der Waals surface area contributed by atoms with E-state index in [-0.39, 0.29) is 28.5 Å². The van der Waals surface area contributed by atoms with Gasteiger partial charge in [0.1, 0.15) is 11.6 Å². The van der Waals surface area contributed by atoms with Gasteiger partial charge >= 0.3 is 0 Å². The smallest absolute Gasteiger partial charge is 0.295 e. The molecule has 3 rings (SSSR count). The highest BCUT2D eigenvalue weighted by Crippen LogP contribution is 2.40. The van der Waals surface area contributed by atoms with Crippen molar-refractivity contribution in [1.82, 2.24) is 9.80 Å².